The molecule has 1 aromatic carbocycles. The van der Waals surface area contributed by atoms with Gasteiger partial charge in [0.05, 0.1) is 17.3 Å². The molecule has 3 aromatic heterocycles. The van der Waals surface area contributed by atoms with Crippen molar-refractivity contribution >= 4 is 34.2 Å². The van der Waals surface area contributed by atoms with Crippen LogP contribution in [0.2, 0.25) is 0 Å². The number of amides is 3. The summed E-state index contributed by atoms with van der Waals surface area (Å²) in [5, 5.41) is 10.6. The van der Waals surface area contributed by atoms with Crippen LogP contribution < -0.4 is 15.4 Å². The molecule has 3 amide bonds. The number of nitrogens with one attached hydrogen (secondary N) is 2. The summed E-state index contributed by atoms with van der Waals surface area (Å²) in [6.07, 6.45) is 4.64. The Hall–Kier alpha value is -4.34. The van der Waals surface area contributed by atoms with E-state index in [-0.39, 0.29) is 23.1 Å². The number of ether oxygens (including phenoxy) is 1. The second kappa shape index (κ2) is 12.0. The standard InChI is InChI=1S/C27H27N5O5.2C2H6/c1-15-19(26(35)31-9-7-27(14-31)11-22(33)29-13-27)12-32-24(15)20(6-8-30-32)37-17-4-5-18-21(10-17)36-16(2)23(18)25(34)28-3;2*1-2/h4-6,8,10,12H,7,9,11,13-14H2,1-3H3,(H,28,34)(H,29,33);2*1-2H3. The van der Waals surface area contributed by atoms with E-state index in [1.807, 2.05) is 39.5 Å². The number of hydrogen-bond donors (Lipinski definition) is 2. The highest BCUT2D eigenvalue weighted by molar-refractivity contribution is 6.07. The largest absolute Gasteiger partial charge is 0.460 e. The van der Waals surface area contributed by atoms with Crippen LogP contribution >= 0.6 is 0 Å². The molecule has 218 valence electrons. The van der Waals surface area contributed by atoms with Gasteiger partial charge in [0.15, 0.2) is 5.75 Å². The zero-order chi connectivity index (χ0) is 29.9. The molecule has 1 spiro atoms. The lowest BCUT2D eigenvalue weighted by molar-refractivity contribution is -0.119. The molecular weight excluding hydrogens is 522 g/mol. The Bertz CT molecular complexity index is 1600. The predicted octanol–water partition coefficient (Wildman–Crippen LogP) is 5.25. The van der Waals surface area contributed by atoms with Gasteiger partial charge in [-0.2, -0.15) is 5.10 Å². The molecule has 6 rings (SSSR count). The molecule has 0 bridgehead atoms. The number of fused-ring (bicyclic) bond motifs is 2. The van der Waals surface area contributed by atoms with Gasteiger partial charge >= 0.3 is 0 Å². The van der Waals surface area contributed by atoms with Gasteiger partial charge in [-0.25, -0.2) is 4.52 Å². The summed E-state index contributed by atoms with van der Waals surface area (Å²) in [4.78, 5) is 39.3. The fraction of sp³-hybridized carbons (Fsp3) is 0.419. The Labute approximate surface area is 240 Å². The summed E-state index contributed by atoms with van der Waals surface area (Å²) in [6.45, 7) is 13.4. The molecule has 0 saturated carbocycles. The van der Waals surface area contributed by atoms with Gasteiger partial charge in [0.2, 0.25) is 5.91 Å². The van der Waals surface area contributed by atoms with Crippen LogP contribution in [0, 0.1) is 19.3 Å². The molecule has 10 nitrogen and oxygen atoms in total. The Morgan fingerprint density at radius 3 is 2.59 bits per heavy atom. The molecule has 2 fully saturated rings. The van der Waals surface area contributed by atoms with Crippen molar-refractivity contribution in [3.05, 3.63) is 59.1 Å². The predicted molar refractivity (Wildman–Crippen MR) is 158 cm³/mol. The number of rotatable bonds is 4. The fourth-order valence-electron chi connectivity index (χ4n) is 5.64. The van der Waals surface area contributed by atoms with E-state index in [1.165, 1.54) is 0 Å². The molecule has 0 aliphatic carbocycles. The maximum absolute atomic E-state index is 13.5. The molecule has 1 atom stereocenters. The van der Waals surface area contributed by atoms with Crippen LogP contribution in [-0.2, 0) is 4.79 Å². The molecule has 2 aliphatic heterocycles. The Morgan fingerprint density at radius 2 is 1.90 bits per heavy atom. The number of hydrogen-bond acceptors (Lipinski definition) is 6. The van der Waals surface area contributed by atoms with E-state index >= 15 is 0 Å². The minimum Gasteiger partial charge on any atom is -0.460 e. The summed E-state index contributed by atoms with van der Waals surface area (Å²) >= 11 is 0. The summed E-state index contributed by atoms with van der Waals surface area (Å²) in [5.41, 5.74) is 2.91. The third-order valence-electron chi connectivity index (χ3n) is 7.56. The average molecular weight is 562 g/mol. The van der Waals surface area contributed by atoms with Crippen LogP contribution in [0.4, 0.5) is 0 Å². The van der Waals surface area contributed by atoms with Crippen molar-refractivity contribution in [3.8, 4) is 11.5 Å². The molecule has 2 N–H and O–H groups in total. The highest BCUT2D eigenvalue weighted by atomic mass is 16.5. The second-order valence-corrected chi connectivity index (χ2v) is 9.96. The maximum atomic E-state index is 13.5. The number of likely N-dealkylation sites (tertiary alicyclic amines) is 1. The smallest absolute Gasteiger partial charge is 0.255 e. The number of benzene rings is 1. The number of nitrogens with zero attached hydrogens (tertiary/aromatic N) is 3. The van der Waals surface area contributed by atoms with Crippen molar-refractivity contribution in [2.45, 2.75) is 54.4 Å². The lowest BCUT2D eigenvalue weighted by Gasteiger charge is -2.21. The first kappa shape index (κ1) is 29.6. The van der Waals surface area contributed by atoms with E-state index in [0.717, 1.165) is 12.0 Å². The van der Waals surface area contributed by atoms with E-state index in [4.69, 9.17) is 9.15 Å². The van der Waals surface area contributed by atoms with Crippen molar-refractivity contribution in [2.24, 2.45) is 5.41 Å². The second-order valence-electron chi connectivity index (χ2n) is 9.96. The van der Waals surface area contributed by atoms with Crippen molar-refractivity contribution in [3.63, 3.8) is 0 Å². The summed E-state index contributed by atoms with van der Waals surface area (Å²) in [5.74, 6) is 1.39. The van der Waals surface area contributed by atoms with E-state index in [9.17, 15) is 14.4 Å². The number of furan rings is 1. The van der Waals surface area contributed by atoms with Crippen LogP contribution in [0.1, 0.15) is 72.6 Å². The SMILES string of the molecule is CC.CC.CNC(=O)c1c(C)oc2cc(Oc3ccnn4cc(C(=O)N5CCC6(CNC(=O)C6)C5)c(C)c34)ccc12. The van der Waals surface area contributed by atoms with E-state index in [0.29, 0.717) is 70.9 Å². The summed E-state index contributed by atoms with van der Waals surface area (Å²) < 4.78 is 13.7. The van der Waals surface area contributed by atoms with Crippen LogP contribution in [0.25, 0.3) is 16.5 Å². The summed E-state index contributed by atoms with van der Waals surface area (Å²) in [7, 11) is 1.58. The van der Waals surface area contributed by atoms with Gasteiger partial charge in [-0.05, 0) is 38.0 Å². The molecular formula is C31H39N5O5. The van der Waals surface area contributed by atoms with Crippen molar-refractivity contribution in [1.29, 1.82) is 0 Å². The van der Waals surface area contributed by atoms with Crippen LogP contribution in [-0.4, -0.2) is 58.9 Å². The third kappa shape index (κ3) is 5.38. The number of carbonyl (C=O) groups is 3. The number of carbonyl (C=O) groups excluding carboxylic acids is 3. The topological polar surface area (TPSA) is 118 Å². The lowest BCUT2D eigenvalue weighted by atomic mass is 9.86. The van der Waals surface area contributed by atoms with E-state index in [1.54, 1.807) is 55.1 Å². The molecule has 1 unspecified atom stereocenters. The molecule has 2 aliphatic rings. The molecule has 4 aromatic rings. The Balaban J connectivity index is 0.000000929. The average Bonchev–Trinajstić information content (AvgIpc) is 3.75. The van der Waals surface area contributed by atoms with Gasteiger partial charge in [0.1, 0.15) is 22.6 Å². The summed E-state index contributed by atoms with van der Waals surface area (Å²) in [6, 6.07) is 7.09. The zero-order valence-electron chi connectivity index (χ0n) is 24.9. The molecule has 10 heteroatoms. The van der Waals surface area contributed by atoms with Crippen LogP contribution in [0.3, 0.4) is 0 Å². The monoisotopic (exact) mass is 561 g/mol. The van der Waals surface area contributed by atoms with E-state index < -0.39 is 0 Å². The van der Waals surface area contributed by atoms with Crippen molar-refractivity contribution < 1.29 is 23.5 Å². The number of aromatic nitrogens is 2. The molecule has 0 radical (unpaired) electrons. The first-order chi connectivity index (χ1) is 19.8. The highest BCUT2D eigenvalue weighted by Crippen LogP contribution is 2.38. The van der Waals surface area contributed by atoms with Gasteiger partial charge in [-0.15, -0.1) is 0 Å². The zero-order valence-corrected chi connectivity index (χ0v) is 24.9. The number of aryl methyl sites for hydroxylation is 2. The molecule has 41 heavy (non-hydrogen) atoms. The van der Waals surface area contributed by atoms with Crippen molar-refractivity contribution in [1.82, 2.24) is 25.1 Å². The van der Waals surface area contributed by atoms with Crippen LogP contribution in [0.15, 0.2) is 41.1 Å². The van der Waals surface area contributed by atoms with E-state index in [2.05, 4.69) is 15.7 Å². The Kier molecular flexibility index (Phi) is 8.70. The minimum atomic E-state index is -0.207. The normalized spacial score (nSPS) is 17.6. The Morgan fingerprint density at radius 1 is 1.15 bits per heavy atom. The van der Waals surface area contributed by atoms with Gasteiger partial charge in [-0.3, -0.25) is 14.4 Å². The van der Waals surface area contributed by atoms with Gasteiger partial charge in [-0.1, -0.05) is 27.7 Å². The quantitative estimate of drug-likeness (QED) is 0.351. The lowest BCUT2D eigenvalue weighted by Crippen LogP contribution is -2.33. The first-order valence-electron chi connectivity index (χ1n) is 14.2. The minimum absolute atomic E-state index is 0.0545. The molecule has 5 heterocycles. The maximum Gasteiger partial charge on any atom is 0.255 e. The third-order valence-corrected chi connectivity index (χ3v) is 7.56. The molecule has 2 saturated heterocycles. The van der Waals surface area contributed by atoms with Gasteiger partial charge in [0.25, 0.3) is 11.8 Å². The van der Waals surface area contributed by atoms with Gasteiger partial charge in [0, 0.05) is 62.2 Å². The first-order valence-corrected chi connectivity index (χ1v) is 14.2. The van der Waals surface area contributed by atoms with Crippen molar-refractivity contribution in [2.75, 3.05) is 26.7 Å². The fourth-order valence-corrected chi connectivity index (χ4v) is 5.64. The van der Waals surface area contributed by atoms with Crippen LogP contribution in [0.5, 0.6) is 11.5 Å². The van der Waals surface area contributed by atoms with Gasteiger partial charge < -0.3 is 24.7 Å². The highest BCUT2D eigenvalue weighted by Gasteiger charge is 2.45.